The van der Waals surface area contributed by atoms with Crippen molar-refractivity contribution in [3.8, 4) is 0 Å². The molecular weight excluding hydrogens is 174 g/mol. The standard InChI is InChI=1S/C7H11N3O3/c1-2-12-7(11)6-9-5(3-4-8)13-10-6/h2-4,8H2,1H3. The molecule has 6 heteroatoms. The van der Waals surface area contributed by atoms with E-state index in [1.54, 1.807) is 6.92 Å². The molecule has 0 aromatic carbocycles. The van der Waals surface area contributed by atoms with E-state index in [0.29, 0.717) is 25.5 Å². The summed E-state index contributed by atoms with van der Waals surface area (Å²) in [6, 6.07) is 0. The van der Waals surface area contributed by atoms with Crippen molar-refractivity contribution in [2.45, 2.75) is 13.3 Å². The highest BCUT2D eigenvalue weighted by Crippen LogP contribution is 1.99. The maximum atomic E-state index is 11.0. The zero-order valence-electron chi connectivity index (χ0n) is 7.32. The maximum Gasteiger partial charge on any atom is 0.379 e. The van der Waals surface area contributed by atoms with E-state index in [1.165, 1.54) is 0 Å². The van der Waals surface area contributed by atoms with Gasteiger partial charge in [0.25, 0.3) is 5.82 Å². The predicted molar refractivity (Wildman–Crippen MR) is 43.0 cm³/mol. The zero-order valence-corrected chi connectivity index (χ0v) is 7.32. The van der Waals surface area contributed by atoms with Gasteiger partial charge in [0.15, 0.2) is 0 Å². The Kier molecular flexibility index (Phi) is 3.39. The smallest absolute Gasteiger partial charge is 0.379 e. The Morgan fingerprint density at radius 3 is 3.08 bits per heavy atom. The minimum absolute atomic E-state index is 0.0506. The number of rotatable bonds is 4. The van der Waals surface area contributed by atoms with Gasteiger partial charge in [0, 0.05) is 13.0 Å². The molecule has 0 unspecified atom stereocenters. The molecule has 0 aliphatic heterocycles. The first-order chi connectivity index (χ1) is 6.27. The summed E-state index contributed by atoms with van der Waals surface area (Å²) in [5.74, 6) is -0.273. The van der Waals surface area contributed by atoms with E-state index >= 15 is 0 Å². The highest BCUT2D eigenvalue weighted by Gasteiger charge is 2.14. The van der Waals surface area contributed by atoms with Gasteiger partial charge in [-0.15, -0.1) is 0 Å². The Hall–Kier alpha value is -1.43. The van der Waals surface area contributed by atoms with Crippen LogP contribution in [0.15, 0.2) is 4.52 Å². The first kappa shape index (κ1) is 9.66. The van der Waals surface area contributed by atoms with Crippen molar-refractivity contribution >= 4 is 5.97 Å². The first-order valence-corrected chi connectivity index (χ1v) is 3.97. The molecule has 1 aromatic heterocycles. The van der Waals surface area contributed by atoms with Gasteiger partial charge in [-0.2, -0.15) is 4.98 Å². The molecule has 1 rings (SSSR count). The second-order valence-corrected chi connectivity index (χ2v) is 2.27. The van der Waals surface area contributed by atoms with Crippen LogP contribution in [0.25, 0.3) is 0 Å². The van der Waals surface area contributed by atoms with Gasteiger partial charge in [0.2, 0.25) is 5.89 Å². The highest BCUT2D eigenvalue weighted by atomic mass is 16.5. The number of hydrogen-bond acceptors (Lipinski definition) is 6. The number of nitrogens with zero attached hydrogens (tertiary/aromatic N) is 2. The summed E-state index contributed by atoms with van der Waals surface area (Å²) in [6.07, 6.45) is 0.465. The number of aromatic nitrogens is 2. The number of nitrogens with two attached hydrogens (primary N) is 1. The molecule has 72 valence electrons. The number of carbonyl (C=O) groups is 1. The van der Waals surface area contributed by atoms with E-state index in [4.69, 9.17) is 10.3 Å². The minimum atomic E-state index is -0.575. The fourth-order valence-corrected chi connectivity index (χ4v) is 0.758. The predicted octanol–water partition coefficient (Wildman–Crippen LogP) is -0.253. The van der Waals surface area contributed by atoms with E-state index in [2.05, 4.69) is 14.9 Å². The summed E-state index contributed by atoms with van der Waals surface area (Å²) < 4.78 is 9.39. The van der Waals surface area contributed by atoms with E-state index in [-0.39, 0.29) is 5.82 Å². The SMILES string of the molecule is CCOC(=O)c1noc(CCN)n1. The van der Waals surface area contributed by atoms with Crippen LogP contribution in [-0.2, 0) is 11.2 Å². The molecule has 6 nitrogen and oxygen atoms in total. The topological polar surface area (TPSA) is 91.2 Å². The summed E-state index contributed by atoms with van der Waals surface area (Å²) in [5.41, 5.74) is 5.26. The fraction of sp³-hybridized carbons (Fsp3) is 0.571. The largest absolute Gasteiger partial charge is 0.460 e. The van der Waals surface area contributed by atoms with Gasteiger partial charge < -0.3 is 15.0 Å². The lowest BCUT2D eigenvalue weighted by Crippen LogP contribution is -2.07. The van der Waals surface area contributed by atoms with Crippen LogP contribution in [-0.4, -0.2) is 29.3 Å². The molecule has 0 atom stereocenters. The Balaban J connectivity index is 2.62. The van der Waals surface area contributed by atoms with Gasteiger partial charge in [0.05, 0.1) is 6.61 Å². The van der Waals surface area contributed by atoms with E-state index < -0.39 is 5.97 Å². The number of ether oxygens (including phenoxy) is 1. The molecule has 0 saturated carbocycles. The van der Waals surface area contributed by atoms with Crippen LogP contribution < -0.4 is 5.73 Å². The van der Waals surface area contributed by atoms with Crippen molar-refractivity contribution in [2.24, 2.45) is 5.73 Å². The van der Waals surface area contributed by atoms with Gasteiger partial charge in [-0.05, 0) is 12.1 Å². The monoisotopic (exact) mass is 185 g/mol. The Labute approximate surface area is 75.1 Å². The first-order valence-electron chi connectivity index (χ1n) is 3.97. The van der Waals surface area contributed by atoms with Gasteiger partial charge in [0.1, 0.15) is 0 Å². The molecular formula is C7H11N3O3. The quantitative estimate of drug-likeness (QED) is 0.650. The average Bonchev–Trinajstić information content (AvgIpc) is 2.54. The number of hydrogen-bond donors (Lipinski definition) is 1. The van der Waals surface area contributed by atoms with Gasteiger partial charge >= 0.3 is 5.97 Å². The molecule has 0 spiro atoms. The molecule has 0 radical (unpaired) electrons. The fourth-order valence-electron chi connectivity index (χ4n) is 0.758. The van der Waals surface area contributed by atoms with Crippen LogP contribution in [0, 0.1) is 0 Å². The summed E-state index contributed by atoms with van der Waals surface area (Å²) >= 11 is 0. The van der Waals surface area contributed by atoms with Crippen molar-refractivity contribution in [1.29, 1.82) is 0 Å². The van der Waals surface area contributed by atoms with E-state index in [0.717, 1.165) is 0 Å². The third-order valence-electron chi connectivity index (χ3n) is 1.28. The van der Waals surface area contributed by atoms with Crippen LogP contribution in [0.2, 0.25) is 0 Å². The highest BCUT2D eigenvalue weighted by molar-refractivity contribution is 5.84. The van der Waals surface area contributed by atoms with Crippen LogP contribution in [0.4, 0.5) is 0 Å². The summed E-state index contributed by atoms with van der Waals surface area (Å²) in [4.78, 5) is 14.8. The molecule has 13 heavy (non-hydrogen) atoms. The molecule has 1 heterocycles. The average molecular weight is 185 g/mol. The molecule has 0 amide bonds. The minimum Gasteiger partial charge on any atom is -0.460 e. The molecule has 1 aromatic rings. The van der Waals surface area contributed by atoms with Crippen LogP contribution in [0.3, 0.4) is 0 Å². The van der Waals surface area contributed by atoms with Crippen LogP contribution >= 0.6 is 0 Å². The summed E-state index contributed by atoms with van der Waals surface area (Å²) in [7, 11) is 0. The van der Waals surface area contributed by atoms with Crippen molar-refractivity contribution in [3.63, 3.8) is 0 Å². The van der Waals surface area contributed by atoms with Gasteiger partial charge in [-0.3, -0.25) is 0 Å². The van der Waals surface area contributed by atoms with Gasteiger partial charge in [-0.25, -0.2) is 4.79 Å². The van der Waals surface area contributed by atoms with Crippen molar-refractivity contribution < 1.29 is 14.1 Å². The molecule has 0 fully saturated rings. The Bertz CT molecular complexity index is 284. The summed E-state index contributed by atoms with van der Waals surface area (Å²) in [5, 5.41) is 3.44. The van der Waals surface area contributed by atoms with Crippen molar-refractivity contribution in [1.82, 2.24) is 10.1 Å². The lowest BCUT2D eigenvalue weighted by Gasteiger charge is -1.93. The van der Waals surface area contributed by atoms with Crippen LogP contribution in [0.5, 0.6) is 0 Å². The lowest BCUT2D eigenvalue weighted by atomic mass is 10.4. The Morgan fingerprint density at radius 2 is 2.46 bits per heavy atom. The van der Waals surface area contributed by atoms with Crippen LogP contribution in [0.1, 0.15) is 23.4 Å². The van der Waals surface area contributed by atoms with E-state index in [1.807, 2.05) is 0 Å². The van der Waals surface area contributed by atoms with Crippen molar-refractivity contribution in [3.05, 3.63) is 11.7 Å². The molecule has 0 saturated heterocycles. The number of esters is 1. The Morgan fingerprint density at radius 1 is 1.69 bits per heavy atom. The second-order valence-electron chi connectivity index (χ2n) is 2.27. The molecule has 0 aliphatic rings. The summed E-state index contributed by atoms with van der Waals surface area (Å²) in [6.45, 7) is 2.41. The normalized spacial score (nSPS) is 10.0. The third-order valence-corrected chi connectivity index (χ3v) is 1.28. The number of carbonyl (C=O) groups excluding carboxylic acids is 1. The molecule has 0 bridgehead atoms. The second kappa shape index (κ2) is 4.56. The third kappa shape index (κ3) is 2.51. The van der Waals surface area contributed by atoms with Gasteiger partial charge in [-0.1, -0.05) is 0 Å². The lowest BCUT2D eigenvalue weighted by molar-refractivity contribution is 0.0508. The van der Waals surface area contributed by atoms with Crippen molar-refractivity contribution in [2.75, 3.05) is 13.2 Å². The molecule has 0 aliphatic carbocycles. The van der Waals surface area contributed by atoms with E-state index in [9.17, 15) is 4.79 Å². The maximum absolute atomic E-state index is 11.0. The zero-order chi connectivity index (χ0) is 9.68. The molecule has 2 N–H and O–H groups in total.